The average molecular weight is 291 g/mol. The molecule has 0 aliphatic carbocycles. The third kappa shape index (κ3) is 3.78. The number of nitrogens with two attached hydrogens (primary N) is 1. The van der Waals surface area contributed by atoms with E-state index in [4.69, 9.17) is 18.0 Å². The highest BCUT2D eigenvalue weighted by atomic mass is 32.1. The van der Waals surface area contributed by atoms with Crippen LogP contribution in [0.25, 0.3) is 0 Å². The minimum absolute atomic E-state index is 0.475. The summed E-state index contributed by atoms with van der Waals surface area (Å²) in [6.07, 6.45) is 2.52. The van der Waals surface area contributed by atoms with E-state index >= 15 is 0 Å². The number of hydrogen-bond acceptors (Lipinski definition) is 3. The van der Waals surface area contributed by atoms with Gasteiger partial charge in [-0.2, -0.15) is 0 Å². The topological polar surface area (TPSA) is 32.5 Å². The van der Waals surface area contributed by atoms with E-state index < -0.39 is 0 Å². The van der Waals surface area contributed by atoms with Crippen LogP contribution in [-0.4, -0.2) is 48.0 Å². The van der Waals surface area contributed by atoms with E-state index in [0.717, 1.165) is 12.1 Å². The molecule has 1 aliphatic heterocycles. The van der Waals surface area contributed by atoms with Crippen LogP contribution in [0.2, 0.25) is 0 Å². The molecule has 20 heavy (non-hydrogen) atoms. The Morgan fingerprint density at radius 1 is 1.40 bits per heavy atom. The molecule has 3 nitrogen and oxygen atoms in total. The Hall–Kier alpha value is -0.970. The Bertz CT molecular complexity index is 479. The third-order valence-corrected chi connectivity index (χ3v) is 4.59. The zero-order valence-corrected chi connectivity index (χ0v) is 13.5. The maximum atomic E-state index is 5.68. The zero-order valence-electron chi connectivity index (χ0n) is 12.7. The second-order valence-corrected chi connectivity index (χ2v) is 6.39. The average Bonchev–Trinajstić information content (AvgIpc) is 2.41. The van der Waals surface area contributed by atoms with Crippen LogP contribution in [0.3, 0.4) is 0 Å². The van der Waals surface area contributed by atoms with Gasteiger partial charge in [-0.05, 0) is 64.1 Å². The lowest BCUT2D eigenvalue weighted by Crippen LogP contribution is -2.41. The molecule has 110 valence electrons. The monoisotopic (exact) mass is 291 g/mol. The quantitative estimate of drug-likeness (QED) is 0.862. The summed E-state index contributed by atoms with van der Waals surface area (Å²) >= 11 is 5.03. The van der Waals surface area contributed by atoms with Gasteiger partial charge in [0.05, 0.1) is 0 Å². The van der Waals surface area contributed by atoms with Crippen LogP contribution in [-0.2, 0) is 6.54 Å². The van der Waals surface area contributed by atoms with Gasteiger partial charge in [0.1, 0.15) is 4.99 Å². The Morgan fingerprint density at radius 3 is 2.60 bits per heavy atom. The predicted molar refractivity (Wildman–Crippen MR) is 89.1 cm³/mol. The minimum atomic E-state index is 0.475. The SMILES string of the molecule is Cc1cc(C(N)=S)ccc1CN(C)C1CCN(C)CC1. The van der Waals surface area contributed by atoms with Gasteiger partial charge < -0.3 is 10.6 Å². The molecule has 0 radical (unpaired) electrons. The lowest BCUT2D eigenvalue weighted by atomic mass is 10.0. The number of piperidine rings is 1. The summed E-state index contributed by atoms with van der Waals surface area (Å²) < 4.78 is 0. The number of hydrogen-bond donors (Lipinski definition) is 1. The number of benzene rings is 1. The summed E-state index contributed by atoms with van der Waals surface area (Å²) in [6.45, 7) is 5.54. The smallest absolute Gasteiger partial charge is 0.103 e. The van der Waals surface area contributed by atoms with Gasteiger partial charge >= 0.3 is 0 Å². The molecule has 1 aromatic carbocycles. The molecule has 2 rings (SSSR count). The first-order valence-corrected chi connectivity index (χ1v) is 7.66. The molecule has 1 aliphatic rings. The van der Waals surface area contributed by atoms with Crippen molar-refractivity contribution in [1.82, 2.24) is 9.80 Å². The highest BCUT2D eigenvalue weighted by Gasteiger charge is 2.20. The molecular weight excluding hydrogens is 266 g/mol. The van der Waals surface area contributed by atoms with E-state index in [0.29, 0.717) is 11.0 Å². The van der Waals surface area contributed by atoms with Crippen molar-refractivity contribution in [3.63, 3.8) is 0 Å². The molecule has 4 heteroatoms. The Balaban J connectivity index is 2.00. The summed E-state index contributed by atoms with van der Waals surface area (Å²) in [6, 6.07) is 6.99. The van der Waals surface area contributed by atoms with Crippen molar-refractivity contribution in [2.75, 3.05) is 27.2 Å². The molecule has 0 amide bonds. The maximum absolute atomic E-state index is 5.68. The van der Waals surface area contributed by atoms with Crippen LogP contribution >= 0.6 is 12.2 Å². The van der Waals surface area contributed by atoms with Gasteiger partial charge in [-0.15, -0.1) is 0 Å². The molecule has 0 atom stereocenters. The van der Waals surface area contributed by atoms with Crippen molar-refractivity contribution < 1.29 is 0 Å². The van der Waals surface area contributed by atoms with Gasteiger partial charge in [-0.3, -0.25) is 4.90 Å². The molecule has 1 aromatic rings. The van der Waals surface area contributed by atoms with Gasteiger partial charge in [-0.1, -0.05) is 24.4 Å². The first-order valence-electron chi connectivity index (χ1n) is 7.25. The number of likely N-dealkylation sites (tertiary alicyclic amines) is 1. The van der Waals surface area contributed by atoms with Gasteiger partial charge in [0.25, 0.3) is 0 Å². The molecule has 0 unspecified atom stereocenters. The van der Waals surface area contributed by atoms with E-state index in [2.05, 4.69) is 43.0 Å². The second-order valence-electron chi connectivity index (χ2n) is 5.96. The largest absolute Gasteiger partial charge is 0.389 e. The summed E-state index contributed by atoms with van der Waals surface area (Å²) in [5, 5.41) is 0. The fraction of sp³-hybridized carbons (Fsp3) is 0.562. The molecule has 1 heterocycles. The number of thiocarbonyl (C=S) groups is 1. The molecule has 2 N–H and O–H groups in total. The van der Waals surface area contributed by atoms with Crippen LogP contribution in [0.1, 0.15) is 29.5 Å². The fourth-order valence-electron chi connectivity index (χ4n) is 2.86. The van der Waals surface area contributed by atoms with Gasteiger partial charge in [0.2, 0.25) is 0 Å². The molecule has 1 fully saturated rings. The molecule has 1 saturated heterocycles. The summed E-state index contributed by atoms with van der Waals surface area (Å²) in [4.78, 5) is 5.37. The first kappa shape index (κ1) is 15.4. The predicted octanol–water partition coefficient (Wildman–Crippen LogP) is 2.16. The molecular formula is C16H25N3S. The molecule has 0 spiro atoms. The first-order chi connectivity index (χ1) is 9.47. The number of rotatable bonds is 4. The normalized spacial score (nSPS) is 17.6. The minimum Gasteiger partial charge on any atom is -0.389 e. The molecule has 0 aromatic heterocycles. The lowest BCUT2D eigenvalue weighted by molar-refractivity contribution is 0.139. The second kappa shape index (κ2) is 6.66. The van der Waals surface area contributed by atoms with Crippen LogP contribution in [0.5, 0.6) is 0 Å². The lowest BCUT2D eigenvalue weighted by Gasteiger charge is -2.35. The van der Waals surface area contributed by atoms with Crippen molar-refractivity contribution in [3.05, 3.63) is 34.9 Å². The van der Waals surface area contributed by atoms with Crippen LogP contribution in [0, 0.1) is 6.92 Å². The summed E-state index contributed by atoms with van der Waals surface area (Å²) in [5.41, 5.74) is 9.28. The number of aryl methyl sites for hydroxylation is 1. The maximum Gasteiger partial charge on any atom is 0.103 e. The highest BCUT2D eigenvalue weighted by molar-refractivity contribution is 7.80. The van der Waals surface area contributed by atoms with Crippen LogP contribution in [0.15, 0.2) is 18.2 Å². The van der Waals surface area contributed by atoms with E-state index in [-0.39, 0.29) is 0 Å². The van der Waals surface area contributed by atoms with Gasteiger partial charge in [0, 0.05) is 18.2 Å². The molecule has 0 bridgehead atoms. The van der Waals surface area contributed by atoms with Crippen molar-refractivity contribution in [3.8, 4) is 0 Å². The van der Waals surface area contributed by atoms with Gasteiger partial charge in [0.15, 0.2) is 0 Å². The molecule has 0 saturated carbocycles. The van der Waals surface area contributed by atoms with Crippen LogP contribution in [0.4, 0.5) is 0 Å². The highest BCUT2D eigenvalue weighted by Crippen LogP contribution is 2.19. The third-order valence-electron chi connectivity index (χ3n) is 4.36. The van der Waals surface area contributed by atoms with Crippen LogP contribution < -0.4 is 5.73 Å². The van der Waals surface area contributed by atoms with Gasteiger partial charge in [-0.25, -0.2) is 0 Å². The van der Waals surface area contributed by atoms with Crippen molar-refractivity contribution in [2.24, 2.45) is 5.73 Å². The summed E-state index contributed by atoms with van der Waals surface area (Å²) in [7, 11) is 4.44. The van der Waals surface area contributed by atoms with E-state index in [1.54, 1.807) is 0 Å². The standard InChI is InChI=1S/C16H25N3S/c1-12-10-13(16(17)20)4-5-14(12)11-19(3)15-6-8-18(2)9-7-15/h4-5,10,15H,6-9,11H2,1-3H3,(H2,17,20). The van der Waals surface area contributed by atoms with Crippen molar-refractivity contribution >= 4 is 17.2 Å². The summed E-state index contributed by atoms with van der Waals surface area (Å²) in [5.74, 6) is 0. The Labute approximate surface area is 127 Å². The zero-order chi connectivity index (χ0) is 14.7. The Morgan fingerprint density at radius 2 is 2.05 bits per heavy atom. The Kier molecular flexibility index (Phi) is 5.13. The van der Waals surface area contributed by atoms with Crippen molar-refractivity contribution in [1.29, 1.82) is 0 Å². The van der Waals surface area contributed by atoms with E-state index in [1.807, 2.05) is 6.07 Å². The van der Waals surface area contributed by atoms with Crippen molar-refractivity contribution in [2.45, 2.75) is 32.4 Å². The van der Waals surface area contributed by atoms with E-state index in [9.17, 15) is 0 Å². The number of nitrogens with zero attached hydrogens (tertiary/aromatic N) is 2. The van der Waals surface area contributed by atoms with E-state index in [1.165, 1.54) is 37.1 Å². The fourth-order valence-corrected chi connectivity index (χ4v) is 2.99.